The van der Waals surface area contributed by atoms with Gasteiger partial charge in [0.15, 0.2) is 0 Å². The molecule has 1 unspecified atom stereocenters. The molecule has 4 nitrogen and oxygen atoms in total. The highest BCUT2D eigenvalue weighted by Gasteiger charge is 2.04. The smallest absolute Gasteiger partial charge is 0.106 e. The Hall–Kier alpha value is -1.06. The van der Waals surface area contributed by atoms with Crippen molar-refractivity contribution in [2.24, 2.45) is 10.1 Å². The van der Waals surface area contributed by atoms with Crippen LogP contribution in [0.5, 0.6) is 0 Å². The van der Waals surface area contributed by atoms with Crippen molar-refractivity contribution in [3.8, 4) is 0 Å². The largest absolute Gasteiger partial charge is 0.399 e. The number of aliphatic imine (C=N–C) groups is 1. The van der Waals surface area contributed by atoms with Gasteiger partial charge in [-0.15, -0.1) is 0 Å². The van der Waals surface area contributed by atoms with E-state index in [9.17, 15) is 0 Å². The molecule has 62 valence electrons. The lowest BCUT2D eigenvalue weighted by Gasteiger charge is -2.06. The van der Waals surface area contributed by atoms with E-state index in [1.165, 1.54) is 0 Å². The van der Waals surface area contributed by atoms with Crippen molar-refractivity contribution in [3.05, 3.63) is 0 Å². The maximum Gasteiger partial charge on any atom is 0.106 e. The van der Waals surface area contributed by atoms with Gasteiger partial charge >= 0.3 is 0 Å². The van der Waals surface area contributed by atoms with Crippen LogP contribution < -0.4 is 5.32 Å². The summed E-state index contributed by atoms with van der Waals surface area (Å²) in [5, 5.41) is 6.78. The minimum atomic E-state index is 0.279. The molecule has 1 aliphatic rings. The Bertz CT molecular complexity index is 156. The molecule has 0 bridgehead atoms. The fraction of sp³-hybridized carbons (Fsp3) is 0.714. The van der Waals surface area contributed by atoms with Crippen LogP contribution in [0.25, 0.3) is 0 Å². The molecule has 0 aromatic heterocycles. The Kier molecular flexibility index (Phi) is 3.44. The van der Waals surface area contributed by atoms with Gasteiger partial charge in [0.1, 0.15) is 7.11 Å². The number of rotatable bonds is 2. The van der Waals surface area contributed by atoms with E-state index in [0.29, 0.717) is 0 Å². The summed E-state index contributed by atoms with van der Waals surface area (Å²) in [5.41, 5.74) is 0. The molecule has 0 radical (unpaired) electrons. The molecular weight excluding hydrogens is 142 g/mol. The van der Waals surface area contributed by atoms with Crippen molar-refractivity contribution >= 4 is 12.6 Å². The predicted octanol–water partition coefficient (Wildman–Crippen LogP) is 0.399. The topological polar surface area (TPSA) is 46.0 Å². The highest BCUT2D eigenvalue weighted by Crippen LogP contribution is 1.97. The van der Waals surface area contributed by atoms with Crippen molar-refractivity contribution in [1.82, 2.24) is 5.32 Å². The van der Waals surface area contributed by atoms with Crippen LogP contribution in [0.3, 0.4) is 0 Å². The summed E-state index contributed by atoms with van der Waals surface area (Å²) in [6, 6.07) is 0.279. The summed E-state index contributed by atoms with van der Waals surface area (Å²) in [6.07, 6.45) is 5.66. The molecule has 11 heavy (non-hydrogen) atoms. The van der Waals surface area contributed by atoms with Crippen molar-refractivity contribution in [3.63, 3.8) is 0 Å². The first kappa shape index (κ1) is 8.04. The van der Waals surface area contributed by atoms with E-state index in [0.717, 1.165) is 19.4 Å². The molecule has 0 spiro atoms. The van der Waals surface area contributed by atoms with Crippen molar-refractivity contribution in [2.45, 2.75) is 18.9 Å². The standard InChI is InChI=1S/C7H13N3O/c1-11-10-5-7-3-2-4-8-6-9-7/h5-7H,2-4H2,1H3,(H,8,9). The molecular formula is C7H13N3O. The van der Waals surface area contributed by atoms with Gasteiger partial charge in [-0.25, -0.2) is 0 Å². The Morgan fingerprint density at radius 1 is 1.82 bits per heavy atom. The predicted molar refractivity (Wildman–Crippen MR) is 45.0 cm³/mol. The Labute approximate surface area is 66.3 Å². The first-order valence-electron chi connectivity index (χ1n) is 3.74. The van der Waals surface area contributed by atoms with E-state index in [1.807, 2.05) is 0 Å². The molecule has 0 fully saturated rings. The van der Waals surface area contributed by atoms with Crippen LogP contribution in [-0.2, 0) is 4.84 Å². The monoisotopic (exact) mass is 155 g/mol. The lowest BCUT2D eigenvalue weighted by Crippen LogP contribution is -2.27. The molecule has 0 aromatic carbocycles. The zero-order chi connectivity index (χ0) is 7.94. The van der Waals surface area contributed by atoms with E-state index in [2.05, 4.69) is 20.3 Å². The molecule has 1 atom stereocenters. The lowest BCUT2D eigenvalue weighted by atomic mass is 10.2. The molecule has 0 saturated heterocycles. The minimum Gasteiger partial charge on any atom is -0.399 e. The van der Waals surface area contributed by atoms with E-state index in [1.54, 1.807) is 19.7 Å². The molecule has 4 heteroatoms. The summed E-state index contributed by atoms with van der Waals surface area (Å²) in [5.74, 6) is 0. The van der Waals surface area contributed by atoms with Crippen molar-refractivity contribution < 1.29 is 4.84 Å². The molecule has 1 heterocycles. The number of oxime groups is 1. The fourth-order valence-electron chi connectivity index (χ4n) is 0.951. The van der Waals surface area contributed by atoms with Crippen LogP contribution in [-0.4, -0.2) is 32.2 Å². The molecule has 0 amide bonds. The second-order valence-corrected chi connectivity index (χ2v) is 2.39. The van der Waals surface area contributed by atoms with Crippen molar-refractivity contribution in [2.75, 3.05) is 13.7 Å². The zero-order valence-corrected chi connectivity index (χ0v) is 6.66. The molecule has 1 aliphatic heterocycles. The number of nitrogens with zero attached hydrogens (tertiary/aromatic N) is 2. The first-order valence-corrected chi connectivity index (χ1v) is 3.74. The molecule has 0 saturated carbocycles. The summed E-state index contributed by atoms with van der Waals surface area (Å²) in [4.78, 5) is 8.66. The Morgan fingerprint density at radius 2 is 2.73 bits per heavy atom. The summed E-state index contributed by atoms with van der Waals surface area (Å²) in [6.45, 7) is 0.907. The maximum atomic E-state index is 4.57. The van der Waals surface area contributed by atoms with Crippen LogP contribution in [0.4, 0.5) is 0 Å². The third-order valence-corrected chi connectivity index (χ3v) is 1.53. The highest BCUT2D eigenvalue weighted by atomic mass is 16.6. The Balaban J connectivity index is 2.32. The van der Waals surface area contributed by atoms with E-state index in [4.69, 9.17) is 0 Å². The van der Waals surface area contributed by atoms with E-state index >= 15 is 0 Å². The van der Waals surface area contributed by atoms with Gasteiger partial charge < -0.3 is 10.2 Å². The SMILES string of the molecule is CON=CC1CCCN=CN1. The Morgan fingerprint density at radius 3 is 3.55 bits per heavy atom. The van der Waals surface area contributed by atoms with E-state index in [-0.39, 0.29) is 6.04 Å². The minimum absolute atomic E-state index is 0.279. The maximum absolute atomic E-state index is 4.57. The van der Waals surface area contributed by atoms with Gasteiger partial charge in [0, 0.05) is 6.54 Å². The van der Waals surface area contributed by atoms with Crippen LogP contribution in [0.1, 0.15) is 12.8 Å². The van der Waals surface area contributed by atoms with Gasteiger partial charge in [0.05, 0.1) is 18.6 Å². The molecule has 1 N–H and O–H groups in total. The molecule has 1 rings (SSSR count). The zero-order valence-electron chi connectivity index (χ0n) is 6.66. The van der Waals surface area contributed by atoms with Gasteiger partial charge in [-0.3, -0.25) is 4.99 Å². The number of hydrogen-bond acceptors (Lipinski definition) is 4. The third-order valence-electron chi connectivity index (χ3n) is 1.53. The van der Waals surface area contributed by atoms with Crippen LogP contribution >= 0.6 is 0 Å². The fourth-order valence-corrected chi connectivity index (χ4v) is 0.951. The average Bonchev–Trinajstić information content (AvgIpc) is 2.28. The number of nitrogens with one attached hydrogen (secondary N) is 1. The van der Waals surface area contributed by atoms with Gasteiger partial charge in [0.25, 0.3) is 0 Å². The molecule has 0 aromatic rings. The summed E-state index contributed by atoms with van der Waals surface area (Å²) >= 11 is 0. The summed E-state index contributed by atoms with van der Waals surface area (Å²) in [7, 11) is 1.54. The van der Waals surface area contributed by atoms with Crippen molar-refractivity contribution in [1.29, 1.82) is 0 Å². The van der Waals surface area contributed by atoms with E-state index < -0.39 is 0 Å². The van der Waals surface area contributed by atoms with Crippen LogP contribution in [0.2, 0.25) is 0 Å². The van der Waals surface area contributed by atoms with Gasteiger partial charge in [0.2, 0.25) is 0 Å². The van der Waals surface area contributed by atoms with Gasteiger partial charge in [-0.05, 0) is 12.8 Å². The average molecular weight is 155 g/mol. The normalized spacial score (nSPS) is 24.6. The number of hydrogen-bond donors (Lipinski definition) is 1. The second kappa shape index (κ2) is 4.71. The summed E-state index contributed by atoms with van der Waals surface area (Å²) < 4.78 is 0. The van der Waals surface area contributed by atoms with Crippen LogP contribution in [0.15, 0.2) is 10.1 Å². The quantitative estimate of drug-likeness (QED) is 0.463. The van der Waals surface area contributed by atoms with Crippen LogP contribution in [0, 0.1) is 0 Å². The van der Waals surface area contributed by atoms with Gasteiger partial charge in [-0.2, -0.15) is 0 Å². The first-order chi connectivity index (χ1) is 5.43. The lowest BCUT2D eigenvalue weighted by molar-refractivity contribution is 0.214. The third kappa shape index (κ3) is 3.02. The highest BCUT2D eigenvalue weighted by molar-refractivity contribution is 5.69. The molecule has 0 aliphatic carbocycles. The second-order valence-electron chi connectivity index (χ2n) is 2.39. The van der Waals surface area contributed by atoms with Gasteiger partial charge in [-0.1, -0.05) is 5.16 Å².